The first-order valence-corrected chi connectivity index (χ1v) is 10.0. The van der Waals surface area contributed by atoms with Gasteiger partial charge in [0.2, 0.25) is 5.91 Å². The fourth-order valence-electron chi connectivity index (χ4n) is 3.12. The average Bonchev–Trinajstić information content (AvgIpc) is 2.80. The number of halogens is 2. The zero-order valence-electron chi connectivity index (χ0n) is 17.5. The standard InChI is InChI=1S/C25H23F2NO4/c1-31-25(30)23(28-24(29)14-19-9-10-20(26)15-22(19)27)13-17-7-11-21(12-8-17)32-16-18-5-3-2-4-6-18/h2-12,15,23H,13-14,16H2,1H3,(H,28,29)/t23-/m0/s1. The van der Waals surface area contributed by atoms with E-state index in [9.17, 15) is 18.4 Å². The summed E-state index contributed by atoms with van der Waals surface area (Å²) in [4.78, 5) is 24.5. The average molecular weight is 439 g/mol. The van der Waals surface area contributed by atoms with Gasteiger partial charge in [-0.25, -0.2) is 13.6 Å². The van der Waals surface area contributed by atoms with Crippen molar-refractivity contribution in [2.45, 2.75) is 25.5 Å². The maximum atomic E-state index is 13.8. The molecule has 3 aromatic rings. The lowest BCUT2D eigenvalue weighted by Gasteiger charge is -2.17. The molecule has 0 aliphatic carbocycles. The summed E-state index contributed by atoms with van der Waals surface area (Å²) in [5.74, 6) is -2.07. The third kappa shape index (κ3) is 6.63. The van der Waals surface area contributed by atoms with Gasteiger partial charge in [-0.3, -0.25) is 4.79 Å². The lowest BCUT2D eigenvalue weighted by molar-refractivity contribution is -0.145. The molecular weight excluding hydrogens is 416 g/mol. The molecule has 1 amide bonds. The lowest BCUT2D eigenvalue weighted by atomic mass is 10.0. The van der Waals surface area contributed by atoms with Crippen molar-refractivity contribution >= 4 is 11.9 Å². The van der Waals surface area contributed by atoms with Gasteiger partial charge in [0.25, 0.3) is 0 Å². The molecule has 0 aromatic heterocycles. The predicted octanol–water partition coefficient (Wildman–Crippen LogP) is 3.99. The molecule has 3 rings (SSSR count). The number of nitrogens with one attached hydrogen (secondary N) is 1. The van der Waals surface area contributed by atoms with Crippen LogP contribution < -0.4 is 10.1 Å². The van der Waals surface area contributed by atoms with E-state index in [0.717, 1.165) is 17.2 Å². The lowest BCUT2D eigenvalue weighted by Crippen LogP contribution is -2.43. The second-order valence-corrected chi connectivity index (χ2v) is 7.18. The molecule has 0 bridgehead atoms. The molecule has 0 heterocycles. The van der Waals surface area contributed by atoms with Crippen molar-refractivity contribution < 1.29 is 27.8 Å². The summed E-state index contributed by atoms with van der Waals surface area (Å²) in [6.07, 6.45) is -0.144. The molecule has 0 radical (unpaired) electrons. The summed E-state index contributed by atoms with van der Waals surface area (Å²) in [5, 5.41) is 2.56. The van der Waals surface area contributed by atoms with Crippen LogP contribution in [0.1, 0.15) is 16.7 Å². The zero-order chi connectivity index (χ0) is 22.9. The summed E-state index contributed by atoms with van der Waals surface area (Å²) >= 11 is 0. The monoisotopic (exact) mass is 439 g/mol. The fourth-order valence-corrected chi connectivity index (χ4v) is 3.12. The zero-order valence-corrected chi connectivity index (χ0v) is 17.5. The fraction of sp³-hybridized carbons (Fsp3) is 0.200. The highest BCUT2D eigenvalue weighted by Crippen LogP contribution is 2.16. The number of methoxy groups -OCH3 is 1. The first-order valence-electron chi connectivity index (χ1n) is 10.0. The van der Waals surface area contributed by atoms with E-state index in [2.05, 4.69) is 5.32 Å². The molecule has 0 aliphatic heterocycles. The SMILES string of the molecule is COC(=O)[C@H](Cc1ccc(OCc2ccccc2)cc1)NC(=O)Cc1ccc(F)cc1F. The molecule has 7 heteroatoms. The Balaban J connectivity index is 1.59. The molecule has 1 atom stereocenters. The van der Waals surface area contributed by atoms with Gasteiger partial charge < -0.3 is 14.8 Å². The highest BCUT2D eigenvalue weighted by Gasteiger charge is 2.22. The Hall–Kier alpha value is -3.74. The van der Waals surface area contributed by atoms with Crippen LogP contribution in [0.15, 0.2) is 72.8 Å². The number of hydrogen-bond acceptors (Lipinski definition) is 4. The van der Waals surface area contributed by atoms with Gasteiger partial charge in [-0.1, -0.05) is 48.5 Å². The van der Waals surface area contributed by atoms with Crippen LogP contribution >= 0.6 is 0 Å². The van der Waals surface area contributed by atoms with Gasteiger partial charge in [0, 0.05) is 12.5 Å². The highest BCUT2D eigenvalue weighted by atomic mass is 19.1. The second kappa shape index (κ2) is 11.0. The predicted molar refractivity (Wildman–Crippen MR) is 115 cm³/mol. The Morgan fingerprint density at radius 2 is 1.66 bits per heavy atom. The van der Waals surface area contributed by atoms with Gasteiger partial charge in [-0.05, 0) is 34.9 Å². The highest BCUT2D eigenvalue weighted by molar-refractivity contribution is 5.85. The van der Waals surface area contributed by atoms with Crippen LogP contribution in [-0.2, 0) is 33.8 Å². The van der Waals surface area contributed by atoms with Gasteiger partial charge in [-0.15, -0.1) is 0 Å². The number of ether oxygens (including phenoxy) is 2. The van der Waals surface area contributed by atoms with Crippen molar-refractivity contribution in [3.8, 4) is 5.75 Å². The van der Waals surface area contributed by atoms with E-state index in [1.54, 1.807) is 24.3 Å². The van der Waals surface area contributed by atoms with E-state index in [4.69, 9.17) is 9.47 Å². The summed E-state index contributed by atoms with van der Waals surface area (Å²) in [5.41, 5.74) is 1.86. The van der Waals surface area contributed by atoms with E-state index < -0.39 is 29.6 Å². The first-order chi connectivity index (χ1) is 15.4. The Morgan fingerprint density at radius 3 is 2.31 bits per heavy atom. The maximum absolute atomic E-state index is 13.8. The van der Waals surface area contributed by atoms with Gasteiger partial charge >= 0.3 is 5.97 Å². The quantitative estimate of drug-likeness (QED) is 0.512. The Morgan fingerprint density at radius 1 is 0.938 bits per heavy atom. The largest absolute Gasteiger partial charge is 0.489 e. The molecule has 0 aliphatic rings. The molecule has 0 saturated carbocycles. The van der Waals surface area contributed by atoms with Gasteiger partial charge in [0.15, 0.2) is 0 Å². The molecule has 166 valence electrons. The van der Waals surface area contributed by atoms with Crippen LogP contribution in [0.25, 0.3) is 0 Å². The first kappa shape index (κ1) is 22.9. The Labute approximate surface area is 185 Å². The number of rotatable bonds is 9. The van der Waals surface area contributed by atoms with Crippen LogP contribution in [0.5, 0.6) is 5.75 Å². The van der Waals surface area contributed by atoms with Crippen LogP contribution in [0.2, 0.25) is 0 Å². The summed E-state index contributed by atoms with van der Waals surface area (Å²) in [7, 11) is 1.22. The van der Waals surface area contributed by atoms with E-state index >= 15 is 0 Å². The third-order valence-electron chi connectivity index (χ3n) is 4.80. The van der Waals surface area contributed by atoms with Crippen LogP contribution in [0.4, 0.5) is 8.78 Å². The smallest absolute Gasteiger partial charge is 0.328 e. The molecule has 5 nitrogen and oxygen atoms in total. The van der Waals surface area contributed by atoms with E-state index in [0.29, 0.717) is 18.4 Å². The maximum Gasteiger partial charge on any atom is 0.328 e. The minimum atomic E-state index is -0.952. The molecule has 0 saturated heterocycles. The topological polar surface area (TPSA) is 64.6 Å². The summed E-state index contributed by atoms with van der Waals surface area (Å²) in [6.45, 7) is 0.432. The minimum Gasteiger partial charge on any atom is -0.489 e. The molecule has 1 N–H and O–H groups in total. The molecule has 0 unspecified atom stereocenters. The number of carbonyl (C=O) groups excluding carboxylic acids is 2. The van der Waals surface area contributed by atoms with E-state index in [-0.39, 0.29) is 18.4 Å². The summed E-state index contributed by atoms with van der Waals surface area (Å²) in [6, 6.07) is 18.9. The Kier molecular flexibility index (Phi) is 7.91. The van der Waals surface area contributed by atoms with Crippen molar-refractivity contribution in [3.63, 3.8) is 0 Å². The third-order valence-corrected chi connectivity index (χ3v) is 4.80. The molecule has 3 aromatic carbocycles. The van der Waals surface area contributed by atoms with Crippen molar-refractivity contribution in [1.82, 2.24) is 5.32 Å². The van der Waals surface area contributed by atoms with Crippen molar-refractivity contribution in [1.29, 1.82) is 0 Å². The Bertz CT molecular complexity index is 1060. The molecule has 32 heavy (non-hydrogen) atoms. The molecule has 0 spiro atoms. The van der Waals surface area contributed by atoms with Gasteiger partial charge in [0.05, 0.1) is 13.5 Å². The minimum absolute atomic E-state index is 0.0347. The second-order valence-electron chi connectivity index (χ2n) is 7.18. The molecule has 0 fully saturated rings. The van der Waals surface area contributed by atoms with Crippen LogP contribution in [-0.4, -0.2) is 25.0 Å². The number of hydrogen-bond donors (Lipinski definition) is 1. The number of amides is 1. The van der Waals surface area contributed by atoms with Crippen molar-refractivity contribution in [2.24, 2.45) is 0 Å². The molecular formula is C25H23F2NO4. The van der Waals surface area contributed by atoms with E-state index in [1.807, 2.05) is 30.3 Å². The van der Waals surface area contributed by atoms with Gasteiger partial charge in [0.1, 0.15) is 30.0 Å². The number of esters is 1. The van der Waals surface area contributed by atoms with Crippen LogP contribution in [0, 0.1) is 11.6 Å². The van der Waals surface area contributed by atoms with Crippen LogP contribution in [0.3, 0.4) is 0 Å². The number of benzene rings is 3. The van der Waals surface area contributed by atoms with Crippen molar-refractivity contribution in [3.05, 3.63) is 101 Å². The van der Waals surface area contributed by atoms with Gasteiger partial charge in [-0.2, -0.15) is 0 Å². The normalized spacial score (nSPS) is 11.5. The van der Waals surface area contributed by atoms with Crippen molar-refractivity contribution in [2.75, 3.05) is 7.11 Å². The number of carbonyl (C=O) groups is 2. The van der Waals surface area contributed by atoms with E-state index in [1.165, 1.54) is 13.2 Å². The summed E-state index contributed by atoms with van der Waals surface area (Å²) < 4.78 is 37.4.